The van der Waals surface area contributed by atoms with Crippen LogP contribution in [0.15, 0.2) is 60.7 Å². The lowest BCUT2D eigenvalue weighted by atomic mass is 9.83. The highest BCUT2D eigenvalue weighted by atomic mass is 16.5. The van der Waals surface area contributed by atoms with Crippen LogP contribution in [0.5, 0.6) is 0 Å². The third-order valence-electron chi connectivity index (χ3n) is 6.33. The maximum atomic E-state index is 13.6. The molecule has 0 N–H and O–H groups in total. The van der Waals surface area contributed by atoms with Gasteiger partial charge >= 0.3 is 0 Å². The predicted molar refractivity (Wildman–Crippen MR) is 120 cm³/mol. The highest BCUT2D eigenvalue weighted by Crippen LogP contribution is 2.42. The molecule has 2 aromatic carbocycles. The summed E-state index contributed by atoms with van der Waals surface area (Å²) in [6.45, 7) is 3.24. The minimum atomic E-state index is -1.02. The van der Waals surface area contributed by atoms with Gasteiger partial charge in [-0.3, -0.25) is 9.59 Å². The molecule has 1 spiro atoms. The van der Waals surface area contributed by atoms with Crippen LogP contribution < -0.4 is 0 Å². The Kier molecular flexibility index (Phi) is 6.39. The van der Waals surface area contributed by atoms with E-state index in [-0.39, 0.29) is 17.7 Å². The van der Waals surface area contributed by atoms with Crippen molar-refractivity contribution in [3.8, 4) is 0 Å². The molecule has 2 saturated heterocycles. The highest BCUT2D eigenvalue weighted by Gasteiger charge is 2.58. The quantitative estimate of drug-likeness (QED) is 0.716. The summed E-state index contributed by atoms with van der Waals surface area (Å²) in [4.78, 5) is 32.5. The molecule has 31 heavy (non-hydrogen) atoms. The summed E-state index contributed by atoms with van der Waals surface area (Å²) in [7, 11) is 4.01. The monoisotopic (exact) mass is 421 g/mol. The van der Waals surface area contributed by atoms with E-state index in [1.165, 1.54) is 0 Å². The van der Waals surface area contributed by atoms with Gasteiger partial charge in [0.05, 0.1) is 19.6 Å². The average molecular weight is 422 g/mol. The van der Waals surface area contributed by atoms with E-state index in [9.17, 15) is 9.59 Å². The molecule has 4 rings (SSSR count). The SMILES string of the molecule is CN(C)CCN1C[C@H](c2ccccc2)[C@@]2(CN(C(=O)Cc3ccccc3)CCO2)C1=O. The van der Waals surface area contributed by atoms with Crippen LogP contribution in [0.2, 0.25) is 0 Å². The van der Waals surface area contributed by atoms with E-state index in [4.69, 9.17) is 4.74 Å². The standard InChI is InChI=1S/C25H31N3O3/c1-26(2)13-14-27-18-22(21-11-7-4-8-12-21)25(24(27)30)19-28(15-16-31-25)23(29)17-20-9-5-3-6-10-20/h3-12,22H,13-19H2,1-2H3/t22-,25+/m1/s1. The summed E-state index contributed by atoms with van der Waals surface area (Å²) < 4.78 is 6.27. The summed E-state index contributed by atoms with van der Waals surface area (Å²) >= 11 is 0. The van der Waals surface area contributed by atoms with E-state index in [0.29, 0.717) is 39.2 Å². The zero-order valence-corrected chi connectivity index (χ0v) is 18.4. The Morgan fingerprint density at radius 2 is 1.77 bits per heavy atom. The largest absolute Gasteiger partial charge is 0.361 e. The van der Waals surface area contributed by atoms with Crippen LogP contribution in [0.25, 0.3) is 0 Å². The molecule has 2 aromatic rings. The smallest absolute Gasteiger partial charge is 0.257 e. The van der Waals surface area contributed by atoms with Crippen LogP contribution in [-0.4, -0.2) is 85.5 Å². The Bertz CT molecular complexity index is 903. The zero-order valence-electron chi connectivity index (χ0n) is 18.4. The molecule has 6 nitrogen and oxygen atoms in total. The number of amides is 2. The molecule has 0 bridgehead atoms. The van der Waals surface area contributed by atoms with Gasteiger partial charge in [0.2, 0.25) is 5.91 Å². The van der Waals surface area contributed by atoms with Crippen LogP contribution in [0, 0.1) is 0 Å². The minimum Gasteiger partial charge on any atom is -0.361 e. The molecule has 0 unspecified atom stereocenters. The van der Waals surface area contributed by atoms with E-state index in [0.717, 1.165) is 17.7 Å². The summed E-state index contributed by atoms with van der Waals surface area (Å²) in [6, 6.07) is 19.8. The fourth-order valence-corrected chi connectivity index (χ4v) is 4.62. The molecule has 2 heterocycles. The van der Waals surface area contributed by atoms with Crippen molar-refractivity contribution in [3.05, 3.63) is 71.8 Å². The first-order chi connectivity index (χ1) is 15.0. The molecular formula is C25H31N3O3. The van der Waals surface area contributed by atoms with Crippen molar-refractivity contribution in [1.29, 1.82) is 0 Å². The lowest BCUT2D eigenvalue weighted by Crippen LogP contribution is -2.59. The molecule has 0 aliphatic carbocycles. The molecule has 2 fully saturated rings. The topological polar surface area (TPSA) is 53.1 Å². The zero-order chi connectivity index (χ0) is 21.8. The van der Waals surface area contributed by atoms with Gasteiger partial charge in [-0.2, -0.15) is 0 Å². The number of carbonyl (C=O) groups excluding carboxylic acids is 2. The van der Waals surface area contributed by atoms with Crippen molar-refractivity contribution in [2.75, 3.05) is 53.4 Å². The van der Waals surface area contributed by atoms with Crippen LogP contribution in [0.4, 0.5) is 0 Å². The number of ether oxygens (including phenoxy) is 1. The Balaban J connectivity index is 1.59. The number of likely N-dealkylation sites (N-methyl/N-ethyl adjacent to an activating group) is 1. The molecule has 0 radical (unpaired) electrons. The fraction of sp³-hybridized carbons (Fsp3) is 0.440. The van der Waals surface area contributed by atoms with E-state index in [1.807, 2.05) is 72.4 Å². The van der Waals surface area contributed by atoms with Crippen LogP contribution in [0.3, 0.4) is 0 Å². The Morgan fingerprint density at radius 1 is 1.10 bits per heavy atom. The molecule has 164 valence electrons. The van der Waals surface area contributed by atoms with Gasteiger partial charge in [-0.05, 0) is 25.2 Å². The Labute approximate surface area is 184 Å². The summed E-state index contributed by atoms with van der Waals surface area (Å²) in [5.41, 5.74) is 1.05. The normalized spacial score (nSPS) is 23.7. The number of nitrogens with zero attached hydrogens (tertiary/aromatic N) is 3. The van der Waals surface area contributed by atoms with Gasteiger partial charge in [-0.1, -0.05) is 60.7 Å². The lowest BCUT2D eigenvalue weighted by molar-refractivity contribution is -0.167. The van der Waals surface area contributed by atoms with Gasteiger partial charge in [-0.15, -0.1) is 0 Å². The number of benzene rings is 2. The van der Waals surface area contributed by atoms with Crippen molar-refractivity contribution in [3.63, 3.8) is 0 Å². The van der Waals surface area contributed by atoms with Gasteiger partial charge in [-0.25, -0.2) is 0 Å². The number of hydrogen-bond acceptors (Lipinski definition) is 4. The first-order valence-corrected chi connectivity index (χ1v) is 10.9. The number of likely N-dealkylation sites (tertiary alicyclic amines) is 1. The van der Waals surface area contributed by atoms with Crippen LogP contribution in [-0.2, 0) is 20.7 Å². The number of hydrogen-bond donors (Lipinski definition) is 0. The average Bonchev–Trinajstić information content (AvgIpc) is 3.05. The van der Waals surface area contributed by atoms with Gasteiger partial charge in [0.25, 0.3) is 5.91 Å². The van der Waals surface area contributed by atoms with Crippen molar-refractivity contribution in [2.45, 2.75) is 17.9 Å². The minimum absolute atomic E-state index is 0.000383. The number of carbonyl (C=O) groups is 2. The predicted octanol–water partition coefficient (Wildman–Crippen LogP) is 2.01. The molecule has 2 aliphatic heterocycles. The third kappa shape index (κ3) is 4.50. The second-order valence-electron chi connectivity index (χ2n) is 8.73. The molecule has 0 saturated carbocycles. The van der Waals surface area contributed by atoms with E-state index < -0.39 is 5.60 Å². The van der Waals surface area contributed by atoms with Gasteiger partial charge < -0.3 is 19.4 Å². The first-order valence-electron chi connectivity index (χ1n) is 10.9. The number of morpholine rings is 1. The van der Waals surface area contributed by atoms with Crippen molar-refractivity contribution >= 4 is 11.8 Å². The second-order valence-corrected chi connectivity index (χ2v) is 8.73. The maximum absolute atomic E-state index is 13.6. The Morgan fingerprint density at radius 3 is 2.45 bits per heavy atom. The van der Waals surface area contributed by atoms with Crippen molar-refractivity contribution in [1.82, 2.24) is 14.7 Å². The van der Waals surface area contributed by atoms with Crippen LogP contribution >= 0.6 is 0 Å². The maximum Gasteiger partial charge on any atom is 0.257 e. The molecule has 2 aliphatic rings. The fourth-order valence-electron chi connectivity index (χ4n) is 4.62. The van der Waals surface area contributed by atoms with Crippen LogP contribution in [0.1, 0.15) is 17.0 Å². The van der Waals surface area contributed by atoms with E-state index in [2.05, 4.69) is 17.0 Å². The second kappa shape index (κ2) is 9.20. The van der Waals surface area contributed by atoms with Gasteiger partial charge in [0.1, 0.15) is 0 Å². The van der Waals surface area contributed by atoms with Crippen molar-refractivity contribution < 1.29 is 14.3 Å². The molecule has 2 atom stereocenters. The summed E-state index contributed by atoms with van der Waals surface area (Å²) in [5, 5.41) is 0. The highest BCUT2D eigenvalue weighted by molar-refractivity contribution is 5.91. The lowest BCUT2D eigenvalue weighted by Gasteiger charge is -2.42. The Hall–Kier alpha value is -2.70. The van der Waals surface area contributed by atoms with Gasteiger partial charge in [0, 0.05) is 32.1 Å². The molecule has 2 amide bonds. The van der Waals surface area contributed by atoms with Gasteiger partial charge in [0.15, 0.2) is 5.60 Å². The van der Waals surface area contributed by atoms with Crippen molar-refractivity contribution in [2.24, 2.45) is 0 Å². The van der Waals surface area contributed by atoms with E-state index >= 15 is 0 Å². The third-order valence-corrected chi connectivity index (χ3v) is 6.33. The molecule has 0 aromatic heterocycles. The summed E-state index contributed by atoms with van der Waals surface area (Å²) in [6.07, 6.45) is 0.339. The summed E-state index contributed by atoms with van der Waals surface area (Å²) in [5.74, 6) is -0.0590. The number of rotatable bonds is 6. The molecular weight excluding hydrogens is 390 g/mol. The molecule has 6 heteroatoms. The van der Waals surface area contributed by atoms with E-state index in [1.54, 1.807) is 0 Å². The first kappa shape index (κ1) is 21.5.